The van der Waals surface area contributed by atoms with Crippen LogP contribution in [-0.4, -0.2) is 28.3 Å². The first kappa shape index (κ1) is 14.3. The number of hydrogen-bond acceptors (Lipinski definition) is 4. The lowest BCUT2D eigenvalue weighted by Gasteiger charge is -2.23. The van der Waals surface area contributed by atoms with Crippen molar-refractivity contribution in [3.63, 3.8) is 0 Å². The van der Waals surface area contributed by atoms with Crippen LogP contribution >= 0.6 is 11.3 Å². The number of thiazole rings is 1. The normalized spacial score (nSPS) is 19.1. The summed E-state index contributed by atoms with van der Waals surface area (Å²) in [5.74, 6) is 0. The van der Waals surface area contributed by atoms with Crippen molar-refractivity contribution >= 4 is 17.4 Å². The van der Waals surface area contributed by atoms with Gasteiger partial charge in [0.05, 0.1) is 11.6 Å². The van der Waals surface area contributed by atoms with E-state index in [9.17, 15) is 9.90 Å². The predicted molar refractivity (Wildman–Crippen MR) is 75.1 cm³/mol. The third kappa shape index (κ3) is 3.91. The first-order valence-corrected chi connectivity index (χ1v) is 7.67. The van der Waals surface area contributed by atoms with Gasteiger partial charge in [-0.15, -0.1) is 11.3 Å². The highest BCUT2D eigenvalue weighted by molar-refractivity contribution is 7.09. The van der Waals surface area contributed by atoms with Gasteiger partial charge in [0.15, 0.2) is 0 Å². The number of urea groups is 1. The molecule has 106 valence electrons. The van der Waals surface area contributed by atoms with E-state index >= 15 is 0 Å². The lowest BCUT2D eigenvalue weighted by atomic mass is 10.0. The molecule has 1 atom stereocenters. The van der Waals surface area contributed by atoms with Crippen molar-refractivity contribution < 1.29 is 9.90 Å². The Morgan fingerprint density at radius 2 is 2.32 bits per heavy atom. The van der Waals surface area contributed by atoms with Crippen LogP contribution in [0.3, 0.4) is 0 Å². The zero-order valence-corrected chi connectivity index (χ0v) is 12.0. The molecule has 1 unspecified atom stereocenters. The van der Waals surface area contributed by atoms with Gasteiger partial charge in [0, 0.05) is 18.1 Å². The quantitative estimate of drug-likeness (QED) is 0.775. The molecule has 1 saturated carbocycles. The Labute approximate surface area is 117 Å². The third-order valence-electron chi connectivity index (χ3n) is 3.58. The Morgan fingerprint density at radius 1 is 1.58 bits per heavy atom. The van der Waals surface area contributed by atoms with Crippen molar-refractivity contribution in [2.75, 3.05) is 6.54 Å². The van der Waals surface area contributed by atoms with Gasteiger partial charge in [-0.25, -0.2) is 9.78 Å². The molecule has 0 spiro atoms. The smallest absolute Gasteiger partial charge is 0.315 e. The average Bonchev–Trinajstić information content (AvgIpc) is 3.05. The van der Waals surface area contributed by atoms with Gasteiger partial charge in [-0.05, 0) is 19.3 Å². The van der Waals surface area contributed by atoms with E-state index in [1.54, 1.807) is 6.20 Å². The van der Waals surface area contributed by atoms with Gasteiger partial charge in [0.2, 0.25) is 0 Å². The highest BCUT2D eigenvalue weighted by Crippen LogP contribution is 2.28. The number of carbonyl (C=O) groups is 1. The number of amides is 2. The van der Waals surface area contributed by atoms with Gasteiger partial charge in [0.25, 0.3) is 0 Å². The maximum absolute atomic E-state index is 11.9. The van der Waals surface area contributed by atoms with Gasteiger partial charge in [-0.3, -0.25) is 0 Å². The zero-order valence-electron chi connectivity index (χ0n) is 11.2. The first-order chi connectivity index (χ1) is 9.13. The maximum atomic E-state index is 11.9. The number of nitrogens with zero attached hydrogens (tertiary/aromatic N) is 1. The van der Waals surface area contributed by atoms with Gasteiger partial charge in [-0.2, -0.15) is 0 Å². The number of nitrogens with one attached hydrogen (secondary N) is 2. The second kappa shape index (κ2) is 6.34. The molecule has 2 rings (SSSR count). The van der Waals surface area contributed by atoms with E-state index < -0.39 is 5.60 Å². The predicted octanol–water partition coefficient (Wildman–Crippen LogP) is 2.20. The summed E-state index contributed by atoms with van der Waals surface area (Å²) in [5, 5.41) is 18.6. The minimum absolute atomic E-state index is 0.0572. The van der Waals surface area contributed by atoms with E-state index in [4.69, 9.17) is 0 Å². The highest BCUT2D eigenvalue weighted by atomic mass is 32.1. The lowest BCUT2D eigenvalue weighted by Crippen LogP contribution is -2.45. The second-order valence-corrected chi connectivity index (χ2v) is 6.02. The van der Waals surface area contributed by atoms with E-state index in [1.807, 2.05) is 12.3 Å². The van der Waals surface area contributed by atoms with Crippen LogP contribution in [0.25, 0.3) is 0 Å². The Bertz CT molecular complexity index is 402. The van der Waals surface area contributed by atoms with Crippen molar-refractivity contribution in [3.8, 4) is 0 Å². The summed E-state index contributed by atoms with van der Waals surface area (Å²) in [7, 11) is 0. The molecule has 1 aliphatic rings. The van der Waals surface area contributed by atoms with E-state index in [1.165, 1.54) is 11.3 Å². The molecule has 0 bridgehead atoms. The van der Waals surface area contributed by atoms with E-state index in [0.717, 1.165) is 37.1 Å². The van der Waals surface area contributed by atoms with Crippen molar-refractivity contribution in [3.05, 3.63) is 16.6 Å². The molecule has 0 saturated heterocycles. The summed E-state index contributed by atoms with van der Waals surface area (Å²) in [6.07, 6.45) is 6.16. The summed E-state index contributed by atoms with van der Waals surface area (Å²) in [5.41, 5.74) is -0.708. The van der Waals surface area contributed by atoms with E-state index in [0.29, 0.717) is 6.54 Å². The molecule has 5 nitrogen and oxygen atoms in total. The van der Waals surface area contributed by atoms with Crippen LogP contribution in [0.2, 0.25) is 0 Å². The molecule has 1 heterocycles. The molecule has 19 heavy (non-hydrogen) atoms. The fourth-order valence-corrected chi connectivity index (χ4v) is 3.18. The number of aromatic nitrogens is 1. The Morgan fingerprint density at radius 3 is 2.89 bits per heavy atom. The molecular weight excluding hydrogens is 262 g/mol. The Balaban J connectivity index is 1.80. The molecule has 1 aromatic rings. The lowest BCUT2D eigenvalue weighted by molar-refractivity contribution is 0.0500. The molecule has 0 aliphatic heterocycles. The molecule has 1 aliphatic carbocycles. The van der Waals surface area contributed by atoms with Crippen molar-refractivity contribution in [2.45, 2.75) is 50.7 Å². The highest BCUT2D eigenvalue weighted by Gasteiger charge is 2.31. The molecule has 6 heteroatoms. The Kier molecular flexibility index (Phi) is 4.76. The minimum Gasteiger partial charge on any atom is -0.388 e. The van der Waals surface area contributed by atoms with Crippen molar-refractivity contribution in [2.24, 2.45) is 0 Å². The fraction of sp³-hybridized carbons (Fsp3) is 0.692. The van der Waals surface area contributed by atoms with Gasteiger partial charge < -0.3 is 15.7 Å². The Hall–Kier alpha value is -1.14. The molecule has 0 radical (unpaired) electrons. The van der Waals surface area contributed by atoms with Crippen molar-refractivity contribution in [1.82, 2.24) is 15.6 Å². The molecule has 0 aromatic carbocycles. The van der Waals surface area contributed by atoms with Crippen LogP contribution in [0, 0.1) is 0 Å². The maximum Gasteiger partial charge on any atom is 0.315 e. The standard InChI is InChI=1S/C13H21N3O2S/c1-2-10(11-14-7-8-19-11)16-12(17)15-9-13(18)5-3-4-6-13/h7-8,10,18H,2-6,9H2,1H3,(H2,15,16,17). The van der Waals surface area contributed by atoms with Crippen LogP contribution in [0.4, 0.5) is 4.79 Å². The van der Waals surface area contributed by atoms with Gasteiger partial charge >= 0.3 is 6.03 Å². The number of hydrogen-bond donors (Lipinski definition) is 3. The molecule has 1 aromatic heterocycles. The van der Waals surface area contributed by atoms with Crippen LogP contribution in [0.1, 0.15) is 50.1 Å². The van der Waals surface area contributed by atoms with Crippen LogP contribution in [0.5, 0.6) is 0 Å². The summed E-state index contributed by atoms with van der Waals surface area (Å²) in [4.78, 5) is 16.1. The van der Waals surface area contributed by atoms with E-state index in [2.05, 4.69) is 15.6 Å². The molecule has 2 amide bonds. The molecule has 3 N–H and O–H groups in total. The molecular formula is C13H21N3O2S. The summed E-state index contributed by atoms with van der Waals surface area (Å²) >= 11 is 1.54. The average molecular weight is 283 g/mol. The van der Waals surface area contributed by atoms with E-state index in [-0.39, 0.29) is 12.1 Å². The summed E-state index contributed by atoms with van der Waals surface area (Å²) in [6, 6.07) is -0.291. The van der Waals surface area contributed by atoms with Crippen LogP contribution in [-0.2, 0) is 0 Å². The minimum atomic E-state index is -0.708. The van der Waals surface area contributed by atoms with Gasteiger partial charge in [0.1, 0.15) is 5.01 Å². The molecule has 1 fully saturated rings. The van der Waals surface area contributed by atoms with Crippen molar-refractivity contribution in [1.29, 1.82) is 0 Å². The summed E-state index contributed by atoms with van der Waals surface area (Å²) in [6.45, 7) is 2.34. The third-order valence-corrected chi connectivity index (χ3v) is 4.46. The van der Waals surface area contributed by atoms with Crippen LogP contribution < -0.4 is 10.6 Å². The topological polar surface area (TPSA) is 74.2 Å². The summed E-state index contributed by atoms with van der Waals surface area (Å²) < 4.78 is 0. The number of rotatable bonds is 5. The van der Waals surface area contributed by atoms with Gasteiger partial charge in [-0.1, -0.05) is 19.8 Å². The first-order valence-electron chi connectivity index (χ1n) is 6.79. The largest absolute Gasteiger partial charge is 0.388 e. The second-order valence-electron chi connectivity index (χ2n) is 5.09. The number of carbonyl (C=O) groups excluding carboxylic acids is 1. The fourth-order valence-electron chi connectivity index (χ4n) is 2.41. The van der Waals surface area contributed by atoms with Crippen LogP contribution in [0.15, 0.2) is 11.6 Å². The SMILES string of the molecule is CCC(NC(=O)NCC1(O)CCCC1)c1nccs1. The zero-order chi connectivity index (χ0) is 13.7. The monoisotopic (exact) mass is 283 g/mol. The number of aliphatic hydroxyl groups is 1.